The zero-order chi connectivity index (χ0) is 19.1. The molecule has 0 amide bonds. The van der Waals surface area contributed by atoms with E-state index in [4.69, 9.17) is 9.47 Å². The highest BCUT2D eigenvalue weighted by atomic mass is 127. The molecule has 0 bridgehead atoms. The van der Waals surface area contributed by atoms with E-state index in [-0.39, 0.29) is 24.0 Å². The van der Waals surface area contributed by atoms with Crippen LogP contribution in [0.15, 0.2) is 4.99 Å². The molecule has 1 unspecified atom stereocenters. The summed E-state index contributed by atoms with van der Waals surface area (Å²) in [6.07, 6.45) is 12.1. The van der Waals surface area contributed by atoms with E-state index in [2.05, 4.69) is 29.1 Å². The van der Waals surface area contributed by atoms with E-state index in [0.717, 1.165) is 64.0 Å². The van der Waals surface area contributed by atoms with E-state index >= 15 is 0 Å². The normalized spacial score (nSPS) is 25.6. The summed E-state index contributed by atoms with van der Waals surface area (Å²) in [4.78, 5) is 6.96. The predicted octanol–water partition coefficient (Wildman–Crippen LogP) is 4.45. The van der Waals surface area contributed by atoms with E-state index in [1.54, 1.807) is 0 Å². The molecule has 0 aromatic rings. The van der Waals surface area contributed by atoms with Gasteiger partial charge in [0.25, 0.3) is 0 Å². The SMILES string of the molecule is CN=C(NCC(C)(C)C1CCCC1)N1CCC(OCC2CCCCO2)CC1.I. The van der Waals surface area contributed by atoms with Gasteiger partial charge in [-0.3, -0.25) is 4.99 Å². The molecule has 5 nitrogen and oxygen atoms in total. The topological polar surface area (TPSA) is 46.1 Å². The molecule has 1 N–H and O–H groups in total. The molecule has 3 aliphatic rings. The van der Waals surface area contributed by atoms with Crippen molar-refractivity contribution in [2.75, 3.05) is 39.9 Å². The average molecular weight is 508 g/mol. The first-order valence-electron chi connectivity index (χ1n) is 11.3. The minimum absolute atomic E-state index is 0. The number of likely N-dealkylation sites (tertiary alicyclic amines) is 1. The Kier molecular flexibility index (Phi) is 10.3. The second-order valence-electron chi connectivity index (χ2n) is 9.38. The van der Waals surface area contributed by atoms with Gasteiger partial charge < -0.3 is 19.7 Å². The number of aliphatic imine (C=N–C) groups is 1. The number of hydrogen-bond donors (Lipinski definition) is 1. The van der Waals surface area contributed by atoms with Crippen molar-refractivity contribution in [2.24, 2.45) is 16.3 Å². The van der Waals surface area contributed by atoms with E-state index in [1.165, 1.54) is 38.5 Å². The number of ether oxygens (including phenoxy) is 2. The van der Waals surface area contributed by atoms with Crippen molar-refractivity contribution in [3.8, 4) is 0 Å². The van der Waals surface area contributed by atoms with Crippen LogP contribution >= 0.6 is 24.0 Å². The number of rotatable bonds is 6. The fourth-order valence-corrected chi connectivity index (χ4v) is 4.91. The van der Waals surface area contributed by atoms with Gasteiger partial charge in [0.1, 0.15) is 0 Å². The van der Waals surface area contributed by atoms with E-state index in [9.17, 15) is 0 Å². The van der Waals surface area contributed by atoms with Gasteiger partial charge in [0.2, 0.25) is 0 Å². The van der Waals surface area contributed by atoms with Gasteiger partial charge in [0.15, 0.2) is 5.96 Å². The highest BCUT2D eigenvalue weighted by molar-refractivity contribution is 14.0. The maximum Gasteiger partial charge on any atom is 0.193 e. The minimum atomic E-state index is 0. The summed E-state index contributed by atoms with van der Waals surface area (Å²) in [6, 6.07) is 0. The summed E-state index contributed by atoms with van der Waals surface area (Å²) in [6.45, 7) is 9.57. The predicted molar refractivity (Wildman–Crippen MR) is 127 cm³/mol. The molecule has 0 spiro atoms. The van der Waals surface area contributed by atoms with E-state index < -0.39 is 0 Å². The van der Waals surface area contributed by atoms with Crippen LogP contribution in [0.2, 0.25) is 0 Å². The minimum Gasteiger partial charge on any atom is -0.376 e. The lowest BCUT2D eigenvalue weighted by atomic mass is 9.78. The molecule has 164 valence electrons. The van der Waals surface area contributed by atoms with Crippen molar-refractivity contribution in [2.45, 2.75) is 83.8 Å². The van der Waals surface area contributed by atoms with Crippen molar-refractivity contribution in [1.82, 2.24) is 10.2 Å². The summed E-state index contributed by atoms with van der Waals surface area (Å²) in [5.41, 5.74) is 0.341. The van der Waals surface area contributed by atoms with Crippen LogP contribution in [-0.2, 0) is 9.47 Å². The molecular formula is C22H42IN3O2. The lowest BCUT2D eigenvalue weighted by Crippen LogP contribution is -2.49. The highest BCUT2D eigenvalue weighted by Gasteiger charge is 2.32. The molecule has 0 aromatic heterocycles. The van der Waals surface area contributed by atoms with Gasteiger partial charge in [-0.25, -0.2) is 0 Å². The summed E-state index contributed by atoms with van der Waals surface area (Å²) < 4.78 is 11.9. The monoisotopic (exact) mass is 507 g/mol. The Balaban J connectivity index is 0.00000280. The third kappa shape index (κ3) is 7.01. The molecule has 1 atom stereocenters. The number of nitrogens with zero attached hydrogens (tertiary/aromatic N) is 2. The third-order valence-corrected chi connectivity index (χ3v) is 6.91. The maximum atomic E-state index is 6.15. The fraction of sp³-hybridized carbons (Fsp3) is 0.955. The smallest absolute Gasteiger partial charge is 0.193 e. The van der Waals surface area contributed by atoms with Crippen molar-refractivity contribution < 1.29 is 9.47 Å². The summed E-state index contributed by atoms with van der Waals surface area (Å²) in [5, 5.41) is 3.67. The van der Waals surface area contributed by atoms with Crippen LogP contribution < -0.4 is 5.32 Å². The van der Waals surface area contributed by atoms with Crippen LogP contribution in [0.1, 0.15) is 71.6 Å². The third-order valence-electron chi connectivity index (χ3n) is 6.91. The summed E-state index contributed by atoms with van der Waals surface area (Å²) in [5.74, 6) is 1.92. The second kappa shape index (κ2) is 11.9. The molecule has 3 fully saturated rings. The Hall–Kier alpha value is -0.0800. The molecule has 1 saturated carbocycles. The average Bonchev–Trinajstić information content (AvgIpc) is 3.24. The first-order chi connectivity index (χ1) is 13.1. The maximum absolute atomic E-state index is 6.15. The van der Waals surface area contributed by atoms with E-state index in [1.807, 2.05) is 7.05 Å². The van der Waals surface area contributed by atoms with E-state index in [0.29, 0.717) is 17.6 Å². The molecule has 3 rings (SSSR count). The summed E-state index contributed by atoms with van der Waals surface area (Å²) >= 11 is 0. The number of piperidine rings is 1. The number of halogens is 1. The molecule has 6 heteroatoms. The van der Waals surface area contributed by atoms with Crippen molar-refractivity contribution in [3.63, 3.8) is 0 Å². The van der Waals surface area contributed by atoms with Gasteiger partial charge in [0.05, 0.1) is 18.8 Å². The first kappa shape index (κ1) is 24.2. The largest absolute Gasteiger partial charge is 0.376 e. The Morgan fingerprint density at radius 3 is 2.36 bits per heavy atom. The first-order valence-corrected chi connectivity index (χ1v) is 11.3. The van der Waals surface area contributed by atoms with Gasteiger partial charge in [-0.2, -0.15) is 0 Å². The molecule has 28 heavy (non-hydrogen) atoms. The lowest BCUT2D eigenvalue weighted by Gasteiger charge is -2.37. The van der Waals surface area contributed by atoms with Crippen LogP contribution in [0, 0.1) is 11.3 Å². The van der Waals surface area contributed by atoms with Crippen LogP contribution in [-0.4, -0.2) is 63.0 Å². The van der Waals surface area contributed by atoms with Crippen LogP contribution in [0.5, 0.6) is 0 Å². The Morgan fingerprint density at radius 2 is 1.75 bits per heavy atom. The number of nitrogens with one attached hydrogen (secondary N) is 1. The zero-order valence-electron chi connectivity index (χ0n) is 18.3. The van der Waals surface area contributed by atoms with Crippen LogP contribution in [0.4, 0.5) is 0 Å². The Bertz CT molecular complexity index is 466. The highest BCUT2D eigenvalue weighted by Crippen LogP contribution is 2.39. The van der Waals surface area contributed by atoms with Crippen molar-refractivity contribution >= 4 is 29.9 Å². The molecule has 1 aliphatic carbocycles. The van der Waals surface area contributed by atoms with Crippen molar-refractivity contribution in [1.29, 1.82) is 0 Å². The van der Waals surface area contributed by atoms with Crippen LogP contribution in [0.25, 0.3) is 0 Å². The quantitative estimate of drug-likeness (QED) is 0.328. The molecule has 2 heterocycles. The molecule has 0 aromatic carbocycles. The zero-order valence-corrected chi connectivity index (χ0v) is 20.6. The van der Waals surface area contributed by atoms with Gasteiger partial charge in [-0.05, 0) is 56.3 Å². The van der Waals surface area contributed by atoms with Gasteiger partial charge in [-0.1, -0.05) is 26.7 Å². The van der Waals surface area contributed by atoms with Gasteiger partial charge >= 0.3 is 0 Å². The number of hydrogen-bond acceptors (Lipinski definition) is 3. The number of guanidine groups is 1. The standard InChI is InChI=1S/C22H41N3O2.HI/c1-22(2,18-8-4-5-9-18)17-24-21(23-3)25-13-11-19(12-14-25)27-16-20-10-6-7-15-26-20;/h18-20H,4-17H2,1-3H3,(H,23,24);1H. The Labute approximate surface area is 189 Å². The van der Waals surface area contributed by atoms with Gasteiger partial charge in [-0.15, -0.1) is 24.0 Å². The molecule has 2 aliphatic heterocycles. The molecule has 0 radical (unpaired) electrons. The van der Waals surface area contributed by atoms with Crippen molar-refractivity contribution in [3.05, 3.63) is 0 Å². The van der Waals surface area contributed by atoms with Crippen LogP contribution in [0.3, 0.4) is 0 Å². The Morgan fingerprint density at radius 1 is 1.07 bits per heavy atom. The fourth-order valence-electron chi connectivity index (χ4n) is 4.91. The van der Waals surface area contributed by atoms with Gasteiger partial charge in [0, 0.05) is 33.3 Å². The second-order valence-corrected chi connectivity index (χ2v) is 9.38. The molecule has 2 saturated heterocycles. The molecular weight excluding hydrogens is 465 g/mol. The summed E-state index contributed by atoms with van der Waals surface area (Å²) in [7, 11) is 1.91. The lowest BCUT2D eigenvalue weighted by molar-refractivity contribution is -0.0721.